The summed E-state index contributed by atoms with van der Waals surface area (Å²) in [5.74, 6) is 0.841. The van der Waals surface area contributed by atoms with E-state index >= 15 is 0 Å². The first kappa shape index (κ1) is 28.6. The maximum atomic E-state index is 10.3. The molecule has 7 rings (SSSR count). The van der Waals surface area contributed by atoms with Gasteiger partial charge >= 0.3 is 0 Å². The lowest BCUT2D eigenvalue weighted by Crippen LogP contribution is -2.31. The predicted octanol–water partition coefficient (Wildman–Crippen LogP) is 11.0. The van der Waals surface area contributed by atoms with E-state index in [0.29, 0.717) is 23.0 Å². The highest BCUT2D eigenvalue weighted by atomic mass is 16.3. The number of para-hydroxylation sites is 2. The molecule has 5 aromatic rings. The van der Waals surface area contributed by atoms with Crippen LogP contribution in [0.15, 0.2) is 125 Å². The summed E-state index contributed by atoms with van der Waals surface area (Å²) < 4.78 is 6.03. The molecule has 0 saturated carbocycles. The summed E-state index contributed by atoms with van der Waals surface area (Å²) in [6, 6.07) is 36.5. The third-order valence-electron chi connectivity index (χ3n) is 9.40. The number of hydrogen-bond acceptors (Lipinski definition) is 4. The fourth-order valence-electron chi connectivity index (χ4n) is 6.97. The lowest BCUT2D eigenvalue weighted by atomic mass is 9.62. The van der Waals surface area contributed by atoms with Crippen LogP contribution in [0.3, 0.4) is 0 Å². The average Bonchev–Trinajstić information content (AvgIpc) is 3.47. The van der Waals surface area contributed by atoms with E-state index in [1.165, 1.54) is 27.8 Å². The minimum absolute atomic E-state index is 0.0159. The average molecular weight is 588 g/mol. The first-order valence-electron chi connectivity index (χ1n) is 15.7. The van der Waals surface area contributed by atoms with Gasteiger partial charge in [0.2, 0.25) is 5.89 Å². The Kier molecular flexibility index (Phi) is 7.26. The van der Waals surface area contributed by atoms with Crippen molar-refractivity contribution in [1.29, 1.82) is 5.26 Å². The van der Waals surface area contributed by atoms with Crippen LogP contribution in [0.5, 0.6) is 0 Å². The Morgan fingerprint density at radius 1 is 0.822 bits per heavy atom. The molecule has 1 unspecified atom stereocenters. The Morgan fingerprint density at radius 2 is 1.42 bits per heavy atom. The summed E-state index contributed by atoms with van der Waals surface area (Å²) in [6.07, 6.45) is 7.52. The second-order valence-electron chi connectivity index (χ2n) is 13.1. The van der Waals surface area contributed by atoms with Gasteiger partial charge in [-0.15, -0.1) is 0 Å². The summed E-state index contributed by atoms with van der Waals surface area (Å²) in [7, 11) is 0. The Balaban J connectivity index is 1.24. The van der Waals surface area contributed by atoms with Gasteiger partial charge in [0.15, 0.2) is 5.58 Å². The molecule has 4 heteroatoms. The number of rotatable bonds is 5. The number of nitriles is 1. The van der Waals surface area contributed by atoms with Gasteiger partial charge in [-0.1, -0.05) is 85.7 Å². The van der Waals surface area contributed by atoms with Crippen LogP contribution in [0.4, 0.5) is 17.1 Å². The third-order valence-corrected chi connectivity index (χ3v) is 9.40. The SMILES string of the molecule is Cc1ccc(N(c2ccc(C)cc2)c2ccc(C3=CC4=C/C(=C(\C#N)c5nc6ccccc6o5)CC(C)(C)C4CC3)cc2)cc1. The number of aromatic nitrogens is 1. The summed E-state index contributed by atoms with van der Waals surface area (Å²) in [5, 5.41) is 10.3. The largest absolute Gasteiger partial charge is 0.435 e. The summed E-state index contributed by atoms with van der Waals surface area (Å²) in [5.41, 5.74) is 12.8. The molecular weight excluding hydrogens is 550 g/mol. The van der Waals surface area contributed by atoms with Crippen molar-refractivity contribution in [3.05, 3.63) is 143 Å². The van der Waals surface area contributed by atoms with Gasteiger partial charge in [0.05, 0.1) is 0 Å². The lowest BCUT2D eigenvalue weighted by Gasteiger charge is -2.42. The normalized spacial score (nSPS) is 18.4. The first-order valence-corrected chi connectivity index (χ1v) is 15.7. The van der Waals surface area contributed by atoms with Crippen LogP contribution in [-0.2, 0) is 0 Å². The zero-order chi connectivity index (χ0) is 31.1. The molecule has 4 aromatic carbocycles. The van der Waals surface area contributed by atoms with Gasteiger partial charge in [-0.05, 0) is 115 Å². The van der Waals surface area contributed by atoms with Crippen molar-refractivity contribution >= 4 is 39.3 Å². The van der Waals surface area contributed by atoms with E-state index in [-0.39, 0.29) is 5.41 Å². The van der Waals surface area contributed by atoms with Crippen molar-refractivity contribution in [2.24, 2.45) is 11.3 Å². The maximum Gasteiger partial charge on any atom is 0.238 e. The zero-order valence-corrected chi connectivity index (χ0v) is 26.3. The number of nitrogens with zero attached hydrogens (tertiary/aromatic N) is 3. The van der Waals surface area contributed by atoms with Gasteiger partial charge in [-0.25, -0.2) is 4.98 Å². The summed E-state index contributed by atoms with van der Waals surface area (Å²) >= 11 is 0. The first-order chi connectivity index (χ1) is 21.8. The quantitative estimate of drug-likeness (QED) is 0.192. The highest BCUT2D eigenvalue weighted by Gasteiger charge is 2.38. The van der Waals surface area contributed by atoms with Gasteiger partial charge < -0.3 is 9.32 Å². The number of aryl methyl sites for hydroxylation is 2. The van der Waals surface area contributed by atoms with Gasteiger partial charge in [0, 0.05) is 17.1 Å². The van der Waals surface area contributed by atoms with Crippen LogP contribution in [0.25, 0.3) is 22.2 Å². The fraction of sp³-hybridized carbons (Fsp3) is 0.220. The molecule has 0 radical (unpaired) electrons. The molecule has 0 saturated heterocycles. The van der Waals surface area contributed by atoms with Crippen molar-refractivity contribution < 1.29 is 4.42 Å². The molecule has 2 aliphatic rings. The fourth-order valence-corrected chi connectivity index (χ4v) is 6.97. The van der Waals surface area contributed by atoms with Crippen LogP contribution >= 0.6 is 0 Å². The molecule has 1 aromatic heterocycles. The lowest BCUT2D eigenvalue weighted by molar-refractivity contribution is 0.228. The number of allylic oxidation sites excluding steroid dienone is 6. The summed E-state index contributed by atoms with van der Waals surface area (Å²) in [4.78, 5) is 6.96. The highest BCUT2D eigenvalue weighted by Crippen LogP contribution is 2.51. The topological polar surface area (TPSA) is 53.1 Å². The Bertz CT molecular complexity index is 1940. The zero-order valence-electron chi connectivity index (χ0n) is 26.3. The molecule has 0 aliphatic heterocycles. The number of oxazole rings is 1. The van der Waals surface area contributed by atoms with Gasteiger partial charge in [-0.3, -0.25) is 0 Å². The molecule has 2 aliphatic carbocycles. The van der Waals surface area contributed by atoms with Crippen molar-refractivity contribution in [1.82, 2.24) is 4.98 Å². The van der Waals surface area contributed by atoms with Gasteiger partial charge in [0.25, 0.3) is 0 Å². The van der Waals surface area contributed by atoms with Crippen LogP contribution < -0.4 is 4.90 Å². The van der Waals surface area contributed by atoms with Crippen LogP contribution in [0, 0.1) is 36.5 Å². The molecule has 0 N–H and O–H groups in total. The third kappa shape index (κ3) is 5.51. The molecule has 0 spiro atoms. The molecule has 4 nitrogen and oxygen atoms in total. The van der Waals surface area contributed by atoms with Crippen molar-refractivity contribution in [2.75, 3.05) is 4.90 Å². The van der Waals surface area contributed by atoms with E-state index < -0.39 is 0 Å². The molecular formula is C41H37N3O. The minimum Gasteiger partial charge on any atom is -0.435 e. The molecule has 0 amide bonds. The number of benzene rings is 4. The molecule has 1 heterocycles. The van der Waals surface area contributed by atoms with E-state index in [1.807, 2.05) is 24.3 Å². The Morgan fingerprint density at radius 3 is 2.02 bits per heavy atom. The molecule has 222 valence electrons. The van der Waals surface area contributed by atoms with E-state index in [1.54, 1.807) is 0 Å². The smallest absolute Gasteiger partial charge is 0.238 e. The van der Waals surface area contributed by atoms with Crippen LogP contribution in [-0.4, -0.2) is 4.98 Å². The number of hydrogen-bond donors (Lipinski definition) is 0. The van der Waals surface area contributed by atoms with Crippen molar-refractivity contribution in [2.45, 2.75) is 47.0 Å². The number of anilines is 3. The van der Waals surface area contributed by atoms with E-state index in [0.717, 1.165) is 47.4 Å². The summed E-state index contributed by atoms with van der Waals surface area (Å²) in [6.45, 7) is 8.89. The van der Waals surface area contributed by atoms with Crippen LogP contribution in [0.1, 0.15) is 55.7 Å². The van der Waals surface area contributed by atoms with Gasteiger partial charge in [-0.2, -0.15) is 5.26 Å². The standard InChI is InChI=1S/C41H37N3O/c1-27-9-16-33(17-10-27)44(34-18-11-28(2)12-19-34)35-20-13-29(14-21-35)30-15-22-37-31(23-30)24-32(25-41(37,3)4)36(26-42)40-43-38-7-5-6-8-39(38)45-40/h5-14,16-21,23-24,37H,15,22,25H2,1-4H3/b36-32-. The van der Waals surface area contributed by atoms with E-state index in [9.17, 15) is 5.26 Å². The van der Waals surface area contributed by atoms with Crippen molar-refractivity contribution in [3.63, 3.8) is 0 Å². The molecule has 0 bridgehead atoms. The Hall–Kier alpha value is -5.14. The molecule has 0 fully saturated rings. The Labute approximate surface area is 265 Å². The van der Waals surface area contributed by atoms with Crippen LogP contribution in [0.2, 0.25) is 0 Å². The maximum absolute atomic E-state index is 10.3. The molecule has 1 atom stereocenters. The van der Waals surface area contributed by atoms with E-state index in [4.69, 9.17) is 4.42 Å². The van der Waals surface area contributed by atoms with E-state index in [2.05, 4.69) is 129 Å². The van der Waals surface area contributed by atoms with Crippen molar-refractivity contribution in [3.8, 4) is 6.07 Å². The number of fused-ring (bicyclic) bond motifs is 2. The van der Waals surface area contributed by atoms with Gasteiger partial charge in [0.1, 0.15) is 17.2 Å². The second-order valence-corrected chi connectivity index (χ2v) is 13.1. The highest BCUT2D eigenvalue weighted by molar-refractivity contribution is 5.83. The minimum atomic E-state index is 0.0159. The predicted molar refractivity (Wildman–Crippen MR) is 184 cm³/mol. The molecule has 45 heavy (non-hydrogen) atoms. The monoisotopic (exact) mass is 587 g/mol. The second kappa shape index (κ2) is 11.4.